The second-order valence-electron chi connectivity index (χ2n) is 5.58. The van der Waals surface area contributed by atoms with Crippen molar-refractivity contribution in [1.82, 2.24) is 10.6 Å². The largest absolute Gasteiger partial charge is 0.351 e. The van der Waals surface area contributed by atoms with E-state index in [4.69, 9.17) is 23.2 Å². The summed E-state index contributed by atoms with van der Waals surface area (Å²) >= 11 is 12.1. The van der Waals surface area contributed by atoms with Crippen LogP contribution in [0.1, 0.15) is 38.7 Å². The second kappa shape index (κ2) is 6.99. The highest BCUT2D eigenvalue weighted by Gasteiger charge is 2.38. The molecule has 3 nitrogen and oxygen atoms in total. The highest BCUT2D eigenvalue weighted by molar-refractivity contribution is 6.42. The number of carbonyl (C=O) groups is 1. The van der Waals surface area contributed by atoms with Crippen molar-refractivity contribution >= 4 is 29.1 Å². The van der Waals surface area contributed by atoms with Crippen molar-refractivity contribution < 1.29 is 4.79 Å². The summed E-state index contributed by atoms with van der Waals surface area (Å²) in [4.78, 5) is 12.9. The fourth-order valence-corrected chi connectivity index (χ4v) is 3.30. The van der Waals surface area contributed by atoms with Crippen molar-refractivity contribution in [3.05, 3.63) is 33.8 Å². The Morgan fingerprint density at radius 3 is 2.57 bits per heavy atom. The minimum absolute atomic E-state index is 0.0830. The topological polar surface area (TPSA) is 41.1 Å². The molecule has 0 aromatic heterocycles. The van der Waals surface area contributed by atoms with Crippen molar-refractivity contribution in [3.8, 4) is 0 Å². The summed E-state index contributed by atoms with van der Waals surface area (Å²) in [6.07, 6.45) is 2.44. The fourth-order valence-electron chi connectivity index (χ4n) is 3.01. The van der Waals surface area contributed by atoms with Gasteiger partial charge in [-0.3, -0.25) is 4.79 Å². The molecule has 1 aliphatic rings. The zero-order valence-corrected chi connectivity index (χ0v) is 14.0. The van der Waals surface area contributed by atoms with Gasteiger partial charge in [-0.25, -0.2) is 0 Å². The summed E-state index contributed by atoms with van der Waals surface area (Å²) in [5.74, 6) is 0.0830. The summed E-state index contributed by atoms with van der Waals surface area (Å²) in [5.41, 5.74) is 0.391. The Morgan fingerprint density at radius 1 is 1.33 bits per heavy atom. The number of carbonyl (C=O) groups excluding carboxylic acids is 1. The van der Waals surface area contributed by atoms with Crippen LogP contribution in [0, 0.1) is 0 Å². The third-order valence-electron chi connectivity index (χ3n) is 4.51. The zero-order chi connectivity index (χ0) is 15.5. The van der Waals surface area contributed by atoms with Crippen LogP contribution in [-0.4, -0.2) is 25.0 Å². The maximum atomic E-state index is 12.9. The first-order valence-electron chi connectivity index (χ1n) is 7.50. The number of amides is 1. The van der Waals surface area contributed by atoms with Crippen LogP contribution in [-0.2, 0) is 10.2 Å². The molecule has 116 valence electrons. The lowest BCUT2D eigenvalue weighted by molar-refractivity contribution is -0.127. The highest BCUT2D eigenvalue weighted by atomic mass is 35.5. The molecule has 5 heteroatoms. The summed E-state index contributed by atoms with van der Waals surface area (Å²) in [5, 5.41) is 7.46. The van der Waals surface area contributed by atoms with E-state index in [-0.39, 0.29) is 11.9 Å². The predicted molar refractivity (Wildman–Crippen MR) is 88.1 cm³/mol. The summed E-state index contributed by atoms with van der Waals surface area (Å²) in [6.45, 7) is 5.89. The lowest BCUT2D eigenvalue weighted by atomic mass is 9.75. The highest BCUT2D eigenvalue weighted by Crippen LogP contribution is 2.35. The predicted octanol–water partition coefficient (Wildman–Crippen LogP) is 3.53. The molecule has 2 rings (SSSR count). The van der Waals surface area contributed by atoms with Gasteiger partial charge in [0.25, 0.3) is 0 Å². The summed E-state index contributed by atoms with van der Waals surface area (Å²) in [7, 11) is 0. The van der Waals surface area contributed by atoms with Gasteiger partial charge >= 0.3 is 0 Å². The van der Waals surface area contributed by atoms with Gasteiger partial charge in [0.2, 0.25) is 5.91 Å². The summed E-state index contributed by atoms with van der Waals surface area (Å²) in [6, 6.07) is 5.72. The van der Waals surface area contributed by atoms with Gasteiger partial charge in [0.1, 0.15) is 0 Å². The van der Waals surface area contributed by atoms with Crippen LogP contribution in [0.5, 0.6) is 0 Å². The van der Waals surface area contributed by atoms with Crippen LogP contribution >= 0.6 is 23.2 Å². The van der Waals surface area contributed by atoms with Crippen molar-refractivity contribution in [1.29, 1.82) is 0 Å². The molecule has 0 spiro atoms. The molecule has 0 bridgehead atoms. The third kappa shape index (κ3) is 3.36. The van der Waals surface area contributed by atoms with E-state index in [2.05, 4.69) is 10.6 Å². The Hall–Kier alpha value is -0.770. The first-order chi connectivity index (χ1) is 10.0. The molecule has 1 aromatic carbocycles. The number of benzene rings is 1. The van der Waals surface area contributed by atoms with Gasteiger partial charge in [-0.05, 0) is 43.5 Å². The van der Waals surface area contributed by atoms with E-state index in [0.29, 0.717) is 10.0 Å². The van der Waals surface area contributed by atoms with E-state index < -0.39 is 5.41 Å². The molecule has 2 N–H and O–H groups in total. The number of halogens is 2. The van der Waals surface area contributed by atoms with Crippen LogP contribution in [0.2, 0.25) is 10.0 Å². The van der Waals surface area contributed by atoms with E-state index in [1.165, 1.54) is 0 Å². The van der Waals surface area contributed by atoms with Crippen molar-refractivity contribution in [2.24, 2.45) is 0 Å². The Kier molecular flexibility index (Phi) is 5.53. The SMILES string of the molecule is CCC(CC)(C(=O)NC1CCNC1)c1ccc(Cl)c(Cl)c1. The van der Waals surface area contributed by atoms with E-state index in [1.807, 2.05) is 26.0 Å². The maximum absolute atomic E-state index is 12.9. The zero-order valence-electron chi connectivity index (χ0n) is 12.5. The minimum Gasteiger partial charge on any atom is -0.351 e. The van der Waals surface area contributed by atoms with Crippen molar-refractivity contribution in [3.63, 3.8) is 0 Å². The quantitative estimate of drug-likeness (QED) is 0.868. The van der Waals surface area contributed by atoms with E-state index in [9.17, 15) is 4.79 Å². The average molecular weight is 329 g/mol. The monoisotopic (exact) mass is 328 g/mol. The molecule has 1 amide bonds. The Morgan fingerprint density at radius 2 is 2.05 bits per heavy atom. The average Bonchev–Trinajstić information content (AvgIpc) is 2.97. The van der Waals surface area contributed by atoms with Crippen LogP contribution < -0.4 is 10.6 Å². The molecule has 1 unspecified atom stereocenters. The van der Waals surface area contributed by atoms with E-state index in [0.717, 1.165) is 37.9 Å². The first-order valence-corrected chi connectivity index (χ1v) is 8.26. The normalized spacial score (nSPS) is 18.8. The van der Waals surface area contributed by atoms with Gasteiger partial charge in [-0.15, -0.1) is 0 Å². The van der Waals surface area contributed by atoms with Crippen molar-refractivity contribution in [2.75, 3.05) is 13.1 Å². The Labute approximate surface area is 136 Å². The minimum atomic E-state index is -0.545. The number of nitrogens with one attached hydrogen (secondary N) is 2. The van der Waals surface area contributed by atoms with Gasteiger partial charge < -0.3 is 10.6 Å². The molecule has 1 fully saturated rings. The standard InChI is InChI=1S/C16H22Cl2N2O/c1-3-16(4-2,11-5-6-13(17)14(18)9-11)15(21)20-12-7-8-19-10-12/h5-6,9,12,19H,3-4,7-8,10H2,1-2H3,(H,20,21). The van der Waals surface area contributed by atoms with Gasteiger partial charge in [0.15, 0.2) is 0 Å². The van der Waals surface area contributed by atoms with Crippen LogP contribution in [0.3, 0.4) is 0 Å². The molecule has 21 heavy (non-hydrogen) atoms. The van der Waals surface area contributed by atoms with Gasteiger partial charge in [0.05, 0.1) is 15.5 Å². The molecular formula is C16H22Cl2N2O. The van der Waals surface area contributed by atoms with E-state index in [1.54, 1.807) is 6.07 Å². The first kappa shape index (κ1) is 16.6. The molecule has 1 atom stereocenters. The number of hydrogen-bond acceptors (Lipinski definition) is 2. The smallest absolute Gasteiger partial charge is 0.230 e. The molecule has 0 saturated carbocycles. The summed E-state index contributed by atoms with van der Waals surface area (Å²) < 4.78 is 0. The molecule has 1 saturated heterocycles. The van der Waals surface area contributed by atoms with E-state index >= 15 is 0 Å². The van der Waals surface area contributed by atoms with Gasteiger partial charge in [-0.1, -0.05) is 43.1 Å². The Balaban J connectivity index is 2.29. The molecule has 0 radical (unpaired) electrons. The second-order valence-corrected chi connectivity index (χ2v) is 6.40. The van der Waals surface area contributed by atoms with Crippen LogP contribution in [0.4, 0.5) is 0 Å². The van der Waals surface area contributed by atoms with Crippen LogP contribution in [0.25, 0.3) is 0 Å². The lowest BCUT2D eigenvalue weighted by Crippen LogP contribution is -2.48. The Bertz CT molecular complexity index is 509. The number of hydrogen-bond donors (Lipinski definition) is 2. The van der Waals surface area contributed by atoms with Gasteiger partial charge in [-0.2, -0.15) is 0 Å². The molecule has 1 aliphatic heterocycles. The molecule has 1 aromatic rings. The molecule has 0 aliphatic carbocycles. The molecular weight excluding hydrogens is 307 g/mol. The maximum Gasteiger partial charge on any atom is 0.230 e. The lowest BCUT2D eigenvalue weighted by Gasteiger charge is -2.32. The van der Waals surface area contributed by atoms with Gasteiger partial charge in [0, 0.05) is 12.6 Å². The molecule has 1 heterocycles. The van der Waals surface area contributed by atoms with Crippen molar-refractivity contribution in [2.45, 2.75) is 44.6 Å². The number of rotatable bonds is 5. The van der Waals surface area contributed by atoms with Crippen LogP contribution in [0.15, 0.2) is 18.2 Å². The third-order valence-corrected chi connectivity index (χ3v) is 5.25. The fraction of sp³-hybridized carbons (Fsp3) is 0.562.